The molecular weight excluding hydrogens is 286 g/mol. The molecule has 3 N–H and O–H groups in total. The van der Waals surface area contributed by atoms with Crippen molar-refractivity contribution in [1.82, 2.24) is 0 Å². The molecule has 0 radical (unpaired) electrons. The number of amides is 1. The summed E-state index contributed by atoms with van der Waals surface area (Å²) in [7, 11) is 0. The highest BCUT2D eigenvalue weighted by Crippen LogP contribution is 2.15. The zero-order chi connectivity index (χ0) is 16.1. The molecule has 2 atom stereocenters. The van der Waals surface area contributed by atoms with Crippen molar-refractivity contribution in [3.05, 3.63) is 65.7 Å². The molecule has 1 amide bonds. The van der Waals surface area contributed by atoms with Gasteiger partial charge < -0.3 is 10.6 Å². The highest BCUT2D eigenvalue weighted by molar-refractivity contribution is 5.93. The van der Waals surface area contributed by atoms with Gasteiger partial charge >= 0.3 is 0 Å². The van der Waals surface area contributed by atoms with Gasteiger partial charge in [0.15, 0.2) is 6.04 Å². The number of nitrogens with two attached hydrogens (primary N) is 1. The van der Waals surface area contributed by atoms with Crippen LogP contribution >= 0.6 is 0 Å². The molecule has 5 heteroatoms. The number of carbonyl (C=O) groups excluding carboxylic acids is 1. The molecule has 0 aliphatic heterocycles. The summed E-state index contributed by atoms with van der Waals surface area (Å²) in [5, 5.41) is 4.38. The number of anilines is 1. The third-order valence-electron chi connectivity index (χ3n) is 3.51. The van der Waals surface area contributed by atoms with Crippen LogP contribution in [0.3, 0.4) is 0 Å². The first-order valence-electron chi connectivity index (χ1n) is 7.13. The number of hydrogen-bond acceptors (Lipinski definition) is 1. The number of halogens is 2. The Kier molecular flexibility index (Phi) is 5.22. The summed E-state index contributed by atoms with van der Waals surface area (Å²) in [6.45, 7) is 3.74. The Morgan fingerprint density at radius 2 is 1.77 bits per heavy atom. The van der Waals surface area contributed by atoms with Crippen LogP contribution in [0.15, 0.2) is 48.5 Å². The number of rotatable bonds is 5. The number of benzene rings is 2. The largest absolute Gasteiger partial charge is 0.330 e. The van der Waals surface area contributed by atoms with Gasteiger partial charge in [-0.1, -0.05) is 30.3 Å². The summed E-state index contributed by atoms with van der Waals surface area (Å²) in [6, 6.07) is 12.6. The summed E-state index contributed by atoms with van der Waals surface area (Å²) < 4.78 is 26.4. The van der Waals surface area contributed by atoms with Gasteiger partial charge in [0.1, 0.15) is 17.7 Å². The molecule has 2 aromatic carbocycles. The third-order valence-corrected chi connectivity index (χ3v) is 3.51. The topological polar surface area (TPSA) is 45.7 Å². The van der Waals surface area contributed by atoms with Crippen LogP contribution in [0.1, 0.15) is 25.5 Å². The van der Waals surface area contributed by atoms with Crippen LogP contribution in [0.2, 0.25) is 0 Å². The van der Waals surface area contributed by atoms with Crippen molar-refractivity contribution in [3.63, 3.8) is 0 Å². The lowest BCUT2D eigenvalue weighted by atomic mass is 10.1. The molecule has 0 aliphatic rings. The van der Waals surface area contributed by atoms with Crippen LogP contribution in [-0.2, 0) is 4.79 Å². The summed E-state index contributed by atoms with van der Waals surface area (Å²) in [5.74, 6) is -1.78. The van der Waals surface area contributed by atoms with E-state index < -0.39 is 17.7 Å². The van der Waals surface area contributed by atoms with Crippen LogP contribution in [0.25, 0.3) is 0 Å². The second-order valence-corrected chi connectivity index (χ2v) is 5.29. The van der Waals surface area contributed by atoms with E-state index in [4.69, 9.17) is 0 Å². The lowest BCUT2D eigenvalue weighted by Crippen LogP contribution is -2.91. The second kappa shape index (κ2) is 7.13. The van der Waals surface area contributed by atoms with Gasteiger partial charge in [0, 0.05) is 11.6 Å². The maximum atomic E-state index is 13.5. The van der Waals surface area contributed by atoms with E-state index in [0.717, 1.165) is 17.7 Å². The van der Waals surface area contributed by atoms with Gasteiger partial charge in [0.2, 0.25) is 0 Å². The quantitative estimate of drug-likeness (QED) is 0.876. The van der Waals surface area contributed by atoms with E-state index in [9.17, 15) is 13.6 Å². The van der Waals surface area contributed by atoms with Crippen LogP contribution in [0.4, 0.5) is 14.5 Å². The fraction of sp³-hybridized carbons (Fsp3) is 0.235. The molecule has 0 saturated heterocycles. The van der Waals surface area contributed by atoms with Crippen molar-refractivity contribution in [1.29, 1.82) is 0 Å². The lowest BCUT2D eigenvalue weighted by Gasteiger charge is -2.17. The number of quaternary nitrogens is 1. The molecule has 0 aliphatic carbocycles. The van der Waals surface area contributed by atoms with Gasteiger partial charge in [-0.15, -0.1) is 0 Å². The Morgan fingerprint density at radius 1 is 1.09 bits per heavy atom. The zero-order valence-electron chi connectivity index (χ0n) is 12.5. The van der Waals surface area contributed by atoms with Crippen LogP contribution in [-0.4, -0.2) is 11.9 Å². The van der Waals surface area contributed by atoms with Gasteiger partial charge in [-0.2, -0.15) is 0 Å². The highest BCUT2D eigenvalue weighted by atomic mass is 19.1. The SMILES string of the molecule is C[C@H]([NH2+][C@@H](C)c1ccccc1)C(=O)Nc1ccc(F)cc1F. The molecular formula is C17H19F2N2O+. The van der Waals surface area contributed by atoms with Crippen molar-refractivity contribution in [2.24, 2.45) is 0 Å². The van der Waals surface area contributed by atoms with E-state index in [2.05, 4.69) is 5.32 Å². The maximum Gasteiger partial charge on any atom is 0.282 e. The fourth-order valence-electron chi connectivity index (χ4n) is 2.23. The van der Waals surface area contributed by atoms with Crippen molar-refractivity contribution in [2.75, 3.05) is 5.32 Å². The number of nitrogens with one attached hydrogen (secondary N) is 1. The van der Waals surface area contributed by atoms with Crippen LogP contribution in [0, 0.1) is 11.6 Å². The van der Waals surface area contributed by atoms with Crippen molar-refractivity contribution >= 4 is 11.6 Å². The first-order valence-corrected chi connectivity index (χ1v) is 7.13. The van der Waals surface area contributed by atoms with E-state index in [1.807, 2.05) is 42.6 Å². The standard InChI is InChI=1S/C17H18F2N2O/c1-11(13-6-4-3-5-7-13)20-12(2)17(22)21-16-9-8-14(18)10-15(16)19/h3-12,20H,1-2H3,(H,21,22)/p+1/t11-,12-/m0/s1. The van der Waals surface area contributed by atoms with Gasteiger partial charge in [-0.05, 0) is 26.0 Å². The Balaban J connectivity index is 1.97. The summed E-state index contributed by atoms with van der Waals surface area (Å²) in [5.41, 5.74) is 1.09. The molecule has 0 fully saturated rings. The van der Waals surface area contributed by atoms with Gasteiger partial charge in [-0.25, -0.2) is 8.78 Å². The second-order valence-electron chi connectivity index (χ2n) is 5.29. The summed E-state index contributed by atoms with van der Waals surface area (Å²) >= 11 is 0. The minimum atomic E-state index is -0.781. The summed E-state index contributed by atoms with van der Waals surface area (Å²) in [4.78, 5) is 12.1. The first kappa shape index (κ1) is 16.1. The van der Waals surface area contributed by atoms with Gasteiger partial charge in [0.05, 0.1) is 5.69 Å². The molecule has 0 unspecified atom stereocenters. The van der Waals surface area contributed by atoms with E-state index in [-0.39, 0.29) is 17.6 Å². The molecule has 0 bridgehead atoms. The Hall–Kier alpha value is -2.27. The zero-order valence-corrected chi connectivity index (χ0v) is 12.5. The third kappa shape index (κ3) is 4.11. The van der Waals surface area contributed by atoms with E-state index in [1.54, 1.807) is 6.92 Å². The lowest BCUT2D eigenvalue weighted by molar-refractivity contribution is -0.709. The average Bonchev–Trinajstić information content (AvgIpc) is 2.50. The molecule has 2 aromatic rings. The van der Waals surface area contributed by atoms with Crippen molar-refractivity contribution < 1.29 is 18.9 Å². The van der Waals surface area contributed by atoms with E-state index in [0.29, 0.717) is 0 Å². The molecule has 116 valence electrons. The van der Waals surface area contributed by atoms with E-state index in [1.165, 1.54) is 6.07 Å². The van der Waals surface area contributed by atoms with Gasteiger partial charge in [0.25, 0.3) is 5.91 Å². The monoisotopic (exact) mass is 305 g/mol. The number of hydrogen-bond donors (Lipinski definition) is 2. The average molecular weight is 305 g/mol. The highest BCUT2D eigenvalue weighted by Gasteiger charge is 2.21. The Labute approximate surface area is 128 Å². The number of carbonyl (C=O) groups is 1. The molecule has 3 nitrogen and oxygen atoms in total. The Bertz CT molecular complexity index is 646. The van der Waals surface area contributed by atoms with Crippen LogP contribution < -0.4 is 10.6 Å². The maximum absolute atomic E-state index is 13.5. The molecule has 0 saturated carbocycles. The normalized spacial score (nSPS) is 13.5. The predicted molar refractivity (Wildman–Crippen MR) is 81.2 cm³/mol. The predicted octanol–water partition coefficient (Wildman–Crippen LogP) is 2.62. The summed E-state index contributed by atoms with van der Waals surface area (Å²) in [6.07, 6.45) is 0. The van der Waals surface area contributed by atoms with Crippen molar-refractivity contribution in [2.45, 2.75) is 25.9 Å². The minimum Gasteiger partial charge on any atom is -0.330 e. The molecule has 0 spiro atoms. The smallest absolute Gasteiger partial charge is 0.282 e. The van der Waals surface area contributed by atoms with Crippen molar-refractivity contribution in [3.8, 4) is 0 Å². The molecule has 2 rings (SSSR count). The fourth-order valence-corrected chi connectivity index (χ4v) is 2.23. The first-order chi connectivity index (χ1) is 10.5. The molecule has 0 aromatic heterocycles. The molecule has 22 heavy (non-hydrogen) atoms. The molecule has 0 heterocycles. The Morgan fingerprint density at radius 3 is 2.41 bits per heavy atom. The minimum absolute atomic E-state index is 0.0148. The van der Waals surface area contributed by atoms with Gasteiger partial charge in [-0.3, -0.25) is 4.79 Å². The van der Waals surface area contributed by atoms with Crippen LogP contribution in [0.5, 0.6) is 0 Å². The van der Waals surface area contributed by atoms with E-state index >= 15 is 0 Å².